The monoisotopic (exact) mass is 283 g/mol. The van der Waals surface area contributed by atoms with E-state index >= 15 is 0 Å². The van der Waals surface area contributed by atoms with E-state index in [2.05, 4.69) is 10.6 Å². The van der Waals surface area contributed by atoms with Crippen LogP contribution in [0.15, 0.2) is 24.3 Å². The predicted octanol–water partition coefficient (Wildman–Crippen LogP) is 2.36. The van der Waals surface area contributed by atoms with Crippen LogP contribution >= 0.6 is 11.6 Å². The Kier molecular flexibility index (Phi) is 5.63. The Labute approximate surface area is 117 Å². The van der Waals surface area contributed by atoms with E-state index in [1.165, 1.54) is 0 Å². The van der Waals surface area contributed by atoms with Crippen LogP contribution < -0.4 is 16.4 Å². The fourth-order valence-electron chi connectivity index (χ4n) is 1.64. The fourth-order valence-corrected chi connectivity index (χ4v) is 1.83. The molecular weight excluding hydrogens is 266 g/mol. The zero-order valence-corrected chi connectivity index (χ0v) is 11.7. The van der Waals surface area contributed by atoms with Crippen molar-refractivity contribution < 1.29 is 9.59 Å². The van der Waals surface area contributed by atoms with Crippen molar-refractivity contribution in [3.05, 3.63) is 29.3 Å². The summed E-state index contributed by atoms with van der Waals surface area (Å²) in [5.74, 6) is -0.331. The molecule has 104 valence electrons. The minimum Gasteiger partial charge on any atom is -0.352 e. The van der Waals surface area contributed by atoms with E-state index in [0.29, 0.717) is 10.7 Å². The van der Waals surface area contributed by atoms with Crippen molar-refractivity contribution in [3.8, 4) is 0 Å². The molecule has 0 saturated heterocycles. The van der Waals surface area contributed by atoms with Gasteiger partial charge in [0.1, 0.15) is 6.04 Å². The number of halogens is 1. The van der Waals surface area contributed by atoms with E-state index in [0.717, 1.165) is 6.42 Å². The Morgan fingerprint density at radius 3 is 2.63 bits per heavy atom. The number of carbonyl (C=O) groups excluding carboxylic acids is 2. The molecule has 2 atom stereocenters. The average molecular weight is 284 g/mol. The Bertz CT molecular complexity index is 465. The van der Waals surface area contributed by atoms with Gasteiger partial charge in [-0.15, -0.1) is 0 Å². The van der Waals surface area contributed by atoms with Crippen LogP contribution in [0, 0.1) is 5.92 Å². The number of hydrogen-bond acceptors (Lipinski definition) is 2. The minimum absolute atomic E-state index is 0.0216. The predicted molar refractivity (Wildman–Crippen MR) is 76.0 cm³/mol. The summed E-state index contributed by atoms with van der Waals surface area (Å²) in [7, 11) is 0. The summed E-state index contributed by atoms with van der Waals surface area (Å²) in [5.41, 5.74) is 5.67. The van der Waals surface area contributed by atoms with E-state index in [1.807, 2.05) is 13.8 Å². The molecular formula is C13H18ClN3O2. The topological polar surface area (TPSA) is 84.2 Å². The molecule has 3 amide bonds. The molecule has 0 aliphatic heterocycles. The van der Waals surface area contributed by atoms with E-state index in [9.17, 15) is 9.59 Å². The molecule has 5 nitrogen and oxygen atoms in total. The lowest BCUT2D eigenvalue weighted by Crippen LogP contribution is -2.49. The third-order valence-corrected chi connectivity index (χ3v) is 3.12. The molecule has 1 aromatic rings. The molecule has 0 heterocycles. The number of nitrogens with one attached hydrogen (secondary N) is 2. The SMILES string of the molecule is CC[C@H](C)[C@H](NC(N)=O)C(=O)Nc1cccc(Cl)c1. The largest absolute Gasteiger partial charge is 0.352 e. The van der Waals surface area contributed by atoms with Crippen LogP contribution in [0.25, 0.3) is 0 Å². The maximum Gasteiger partial charge on any atom is 0.312 e. The second-order valence-corrected chi connectivity index (χ2v) is 4.81. The zero-order chi connectivity index (χ0) is 14.4. The Hall–Kier alpha value is -1.75. The Morgan fingerprint density at radius 2 is 2.11 bits per heavy atom. The number of amides is 3. The number of benzene rings is 1. The molecule has 0 unspecified atom stereocenters. The van der Waals surface area contributed by atoms with Crippen LogP contribution in [0.5, 0.6) is 0 Å². The van der Waals surface area contributed by atoms with Gasteiger partial charge in [-0.05, 0) is 24.1 Å². The molecule has 0 aliphatic carbocycles. The van der Waals surface area contributed by atoms with E-state index in [-0.39, 0.29) is 11.8 Å². The lowest BCUT2D eigenvalue weighted by Gasteiger charge is -2.22. The van der Waals surface area contributed by atoms with Gasteiger partial charge in [-0.2, -0.15) is 0 Å². The highest BCUT2D eigenvalue weighted by Crippen LogP contribution is 2.16. The van der Waals surface area contributed by atoms with Crippen LogP contribution in [0.3, 0.4) is 0 Å². The first-order chi connectivity index (χ1) is 8.93. The first kappa shape index (κ1) is 15.3. The number of urea groups is 1. The quantitative estimate of drug-likeness (QED) is 0.775. The van der Waals surface area contributed by atoms with Crippen LogP contribution in [0.2, 0.25) is 5.02 Å². The Balaban J connectivity index is 2.79. The van der Waals surface area contributed by atoms with Gasteiger partial charge in [0.25, 0.3) is 0 Å². The lowest BCUT2D eigenvalue weighted by atomic mass is 9.98. The molecule has 19 heavy (non-hydrogen) atoms. The minimum atomic E-state index is -0.716. The molecule has 0 bridgehead atoms. The second-order valence-electron chi connectivity index (χ2n) is 4.37. The molecule has 0 fully saturated rings. The summed E-state index contributed by atoms with van der Waals surface area (Å²) < 4.78 is 0. The number of primary amides is 1. The van der Waals surface area contributed by atoms with Crippen molar-refractivity contribution in [1.29, 1.82) is 0 Å². The first-order valence-corrected chi connectivity index (χ1v) is 6.44. The molecule has 0 spiro atoms. The van der Waals surface area contributed by atoms with E-state index < -0.39 is 12.1 Å². The molecule has 1 aromatic carbocycles. The molecule has 0 saturated carbocycles. The molecule has 1 rings (SSSR count). The molecule has 6 heteroatoms. The van der Waals surface area contributed by atoms with E-state index in [4.69, 9.17) is 17.3 Å². The summed E-state index contributed by atoms with van der Waals surface area (Å²) >= 11 is 5.84. The summed E-state index contributed by atoms with van der Waals surface area (Å²) in [6.45, 7) is 3.81. The number of nitrogens with two attached hydrogens (primary N) is 1. The van der Waals surface area contributed by atoms with Crippen LogP contribution in [-0.2, 0) is 4.79 Å². The van der Waals surface area contributed by atoms with Crippen molar-refractivity contribution in [2.24, 2.45) is 11.7 Å². The summed E-state index contributed by atoms with van der Waals surface area (Å²) in [6.07, 6.45) is 0.744. The van der Waals surface area contributed by atoms with Crippen LogP contribution in [-0.4, -0.2) is 18.0 Å². The summed E-state index contributed by atoms with van der Waals surface area (Å²) in [6, 6.07) is 5.43. The van der Waals surface area contributed by atoms with Gasteiger partial charge in [-0.25, -0.2) is 4.79 Å². The fraction of sp³-hybridized carbons (Fsp3) is 0.385. The van der Waals surface area contributed by atoms with Crippen molar-refractivity contribution >= 4 is 29.2 Å². The van der Waals surface area contributed by atoms with Crippen molar-refractivity contribution in [2.45, 2.75) is 26.3 Å². The first-order valence-electron chi connectivity index (χ1n) is 6.06. The van der Waals surface area contributed by atoms with Gasteiger partial charge in [-0.1, -0.05) is 37.9 Å². The maximum atomic E-state index is 12.1. The highest BCUT2D eigenvalue weighted by atomic mass is 35.5. The van der Waals surface area contributed by atoms with Crippen molar-refractivity contribution in [1.82, 2.24) is 5.32 Å². The molecule has 4 N–H and O–H groups in total. The summed E-state index contributed by atoms with van der Waals surface area (Å²) in [4.78, 5) is 23.1. The van der Waals surface area contributed by atoms with E-state index in [1.54, 1.807) is 24.3 Å². The third-order valence-electron chi connectivity index (χ3n) is 2.89. The van der Waals surface area contributed by atoms with Crippen LogP contribution in [0.1, 0.15) is 20.3 Å². The number of rotatable bonds is 5. The maximum absolute atomic E-state index is 12.1. The van der Waals surface area contributed by atoms with Gasteiger partial charge in [-0.3, -0.25) is 4.79 Å². The zero-order valence-electron chi connectivity index (χ0n) is 10.9. The van der Waals surface area contributed by atoms with Gasteiger partial charge in [0.05, 0.1) is 0 Å². The highest BCUT2D eigenvalue weighted by Gasteiger charge is 2.25. The third kappa shape index (κ3) is 4.79. The van der Waals surface area contributed by atoms with Gasteiger partial charge < -0.3 is 16.4 Å². The van der Waals surface area contributed by atoms with Crippen molar-refractivity contribution in [2.75, 3.05) is 5.32 Å². The number of anilines is 1. The Morgan fingerprint density at radius 1 is 1.42 bits per heavy atom. The lowest BCUT2D eigenvalue weighted by molar-refractivity contribution is -0.119. The number of hydrogen-bond donors (Lipinski definition) is 3. The van der Waals surface area contributed by atoms with Crippen molar-refractivity contribution in [3.63, 3.8) is 0 Å². The average Bonchev–Trinajstić information content (AvgIpc) is 2.34. The van der Waals surface area contributed by atoms with Gasteiger partial charge >= 0.3 is 6.03 Å². The molecule has 0 radical (unpaired) electrons. The standard InChI is InChI=1S/C13H18ClN3O2/c1-3-8(2)11(17-13(15)19)12(18)16-10-6-4-5-9(14)7-10/h4-8,11H,3H2,1-2H3,(H,16,18)(H3,15,17,19)/t8-,11-/m0/s1. The molecule has 0 aliphatic rings. The normalized spacial score (nSPS) is 13.4. The van der Waals surface area contributed by atoms with Gasteiger partial charge in [0, 0.05) is 10.7 Å². The smallest absolute Gasteiger partial charge is 0.312 e. The van der Waals surface area contributed by atoms with Gasteiger partial charge in [0.2, 0.25) is 5.91 Å². The second kappa shape index (κ2) is 6.99. The molecule has 0 aromatic heterocycles. The van der Waals surface area contributed by atoms with Gasteiger partial charge in [0.15, 0.2) is 0 Å². The highest BCUT2D eigenvalue weighted by molar-refractivity contribution is 6.30. The van der Waals surface area contributed by atoms with Crippen LogP contribution in [0.4, 0.5) is 10.5 Å². The number of carbonyl (C=O) groups is 2. The summed E-state index contributed by atoms with van der Waals surface area (Å²) in [5, 5.41) is 5.70.